The zero-order chi connectivity index (χ0) is 10.8. The third-order valence-electron chi connectivity index (χ3n) is 2.92. The highest BCUT2D eigenvalue weighted by molar-refractivity contribution is 5.29. The largest absolute Gasteiger partial charge is 0.330 e. The molecule has 1 aliphatic heterocycles. The minimum atomic E-state index is 0.428. The SMILES string of the molecule is CC(C)n1nc2c(c1CCN)CCNC2. The molecule has 2 heterocycles. The second-order valence-electron chi connectivity index (χ2n) is 4.38. The van der Waals surface area contributed by atoms with Gasteiger partial charge < -0.3 is 11.1 Å². The number of hydrogen-bond donors (Lipinski definition) is 2. The van der Waals surface area contributed by atoms with Crippen LogP contribution in [0.4, 0.5) is 0 Å². The van der Waals surface area contributed by atoms with Gasteiger partial charge in [0.25, 0.3) is 0 Å². The predicted molar refractivity (Wildman–Crippen MR) is 60.8 cm³/mol. The molecule has 3 N–H and O–H groups in total. The first kappa shape index (κ1) is 10.6. The van der Waals surface area contributed by atoms with E-state index in [0.717, 1.165) is 25.9 Å². The van der Waals surface area contributed by atoms with Crippen molar-refractivity contribution >= 4 is 0 Å². The molecular weight excluding hydrogens is 188 g/mol. The molecule has 0 unspecified atom stereocenters. The Labute approximate surface area is 90.8 Å². The lowest BCUT2D eigenvalue weighted by Crippen LogP contribution is -2.23. The van der Waals surface area contributed by atoms with E-state index >= 15 is 0 Å². The molecule has 4 heteroatoms. The number of aromatic nitrogens is 2. The lowest BCUT2D eigenvalue weighted by atomic mass is 10.0. The Kier molecular flexibility index (Phi) is 3.07. The van der Waals surface area contributed by atoms with Gasteiger partial charge in [0.2, 0.25) is 0 Å². The molecule has 0 aliphatic carbocycles. The van der Waals surface area contributed by atoms with Crippen molar-refractivity contribution in [3.63, 3.8) is 0 Å². The molecule has 2 rings (SSSR count). The van der Waals surface area contributed by atoms with Gasteiger partial charge in [-0.1, -0.05) is 0 Å². The van der Waals surface area contributed by atoms with Gasteiger partial charge in [0.15, 0.2) is 0 Å². The fraction of sp³-hybridized carbons (Fsp3) is 0.727. The summed E-state index contributed by atoms with van der Waals surface area (Å²) in [7, 11) is 0. The first-order valence-electron chi connectivity index (χ1n) is 5.74. The Morgan fingerprint density at radius 3 is 3.00 bits per heavy atom. The molecule has 0 amide bonds. The van der Waals surface area contributed by atoms with E-state index in [0.29, 0.717) is 12.6 Å². The second-order valence-corrected chi connectivity index (χ2v) is 4.38. The monoisotopic (exact) mass is 208 g/mol. The quantitative estimate of drug-likeness (QED) is 0.765. The fourth-order valence-corrected chi connectivity index (χ4v) is 2.24. The fourth-order valence-electron chi connectivity index (χ4n) is 2.24. The van der Waals surface area contributed by atoms with Crippen LogP contribution in [0.5, 0.6) is 0 Å². The minimum Gasteiger partial charge on any atom is -0.330 e. The average molecular weight is 208 g/mol. The van der Waals surface area contributed by atoms with Crippen LogP contribution in [0.1, 0.15) is 36.8 Å². The van der Waals surface area contributed by atoms with E-state index in [2.05, 4.69) is 28.9 Å². The maximum absolute atomic E-state index is 5.67. The predicted octanol–water partition coefficient (Wildman–Crippen LogP) is 0.611. The highest BCUT2D eigenvalue weighted by Gasteiger charge is 2.20. The average Bonchev–Trinajstić information content (AvgIpc) is 2.58. The molecule has 0 saturated heterocycles. The Balaban J connectivity index is 2.41. The van der Waals surface area contributed by atoms with Crippen LogP contribution < -0.4 is 11.1 Å². The topological polar surface area (TPSA) is 55.9 Å². The Morgan fingerprint density at radius 1 is 1.53 bits per heavy atom. The number of nitrogens with zero attached hydrogens (tertiary/aromatic N) is 2. The van der Waals surface area contributed by atoms with Crippen molar-refractivity contribution in [2.75, 3.05) is 13.1 Å². The summed E-state index contributed by atoms with van der Waals surface area (Å²) in [4.78, 5) is 0. The van der Waals surface area contributed by atoms with Crippen LogP contribution in [0, 0.1) is 0 Å². The Bertz CT molecular complexity index is 341. The number of nitrogens with two attached hydrogens (primary N) is 1. The van der Waals surface area contributed by atoms with Crippen LogP contribution in [-0.2, 0) is 19.4 Å². The van der Waals surface area contributed by atoms with Crippen molar-refractivity contribution in [3.05, 3.63) is 17.0 Å². The third-order valence-corrected chi connectivity index (χ3v) is 2.92. The van der Waals surface area contributed by atoms with E-state index in [1.54, 1.807) is 0 Å². The molecule has 84 valence electrons. The summed E-state index contributed by atoms with van der Waals surface area (Å²) in [6, 6.07) is 0.428. The van der Waals surface area contributed by atoms with Gasteiger partial charge in [-0.3, -0.25) is 4.68 Å². The maximum atomic E-state index is 5.67. The first-order valence-corrected chi connectivity index (χ1v) is 5.74. The number of rotatable bonds is 3. The van der Waals surface area contributed by atoms with Crippen molar-refractivity contribution in [2.45, 2.75) is 39.3 Å². The molecule has 1 aromatic heterocycles. The van der Waals surface area contributed by atoms with Gasteiger partial charge in [-0.25, -0.2) is 0 Å². The second kappa shape index (κ2) is 4.33. The summed E-state index contributed by atoms with van der Waals surface area (Å²) in [5.74, 6) is 0. The Hall–Kier alpha value is -0.870. The minimum absolute atomic E-state index is 0.428. The molecule has 0 atom stereocenters. The van der Waals surface area contributed by atoms with Crippen molar-refractivity contribution in [1.29, 1.82) is 0 Å². The summed E-state index contributed by atoms with van der Waals surface area (Å²) >= 11 is 0. The third kappa shape index (κ3) is 1.92. The van der Waals surface area contributed by atoms with Crippen LogP contribution >= 0.6 is 0 Å². The van der Waals surface area contributed by atoms with Crippen molar-refractivity contribution < 1.29 is 0 Å². The Morgan fingerprint density at radius 2 is 2.33 bits per heavy atom. The molecule has 0 aromatic carbocycles. The van der Waals surface area contributed by atoms with Gasteiger partial charge >= 0.3 is 0 Å². The van der Waals surface area contributed by atoms with Gasteiger partial charge in [0, 0.05) is 24.7 Å². The standard InChI is InChI=1S/C11H20N4/c1-8(2)15-11(3-5-12)9-4-6-13-7-10(9)14-15/h8,13H,3-7,12H2,1-2H3. The van der Waals surface area contributed by atoms with E-state index in [-0.39, 0.29) is 0 Å². The van der Waals surface area contributed by atoms with Gasteiger partial charge in [0.1, 0.15) is 0 Å². The van der Waals surface area contributed by atoms with Crippen LogP contribution in [0.15, 0.2) is 0 Å². The lowest BCUT2D eigenvalue weighted by Gasteiger charge is -2.13. The molecule has 0 bridgehead atoms. The van der Waals surface area contributed by atoms with E-state index in [4.69, 9.17) is 5.73 Å². The van der Waals surface area contributed by atoms with Gasteiger partial charge in [-0.2, -0.15) is 5.10 Å². The van der Waals surface area contributed by atoms with E-state index < -0.39 is 0 Å². The van der Waals surface area contributed by atoms with Gasteiger partial charge in [0.05, 0.1) is 5.69 Å². The summed E-state index contributed by atoms with van der Waals surface area (Å²) in [5, 5.41) is 8.02. The lowest BCUT2D eigenvalue weighted by molar-refractivity contribution is 0.503. The molecule has 4 nitrogen and oxygen atoms in total. The molecule has 0 saturated carbocycles. The highest BCUT2D eigenvalue weighted by Crippen LogP contribution is 2.21. The molecule has 0 spiro atoms. The number of fused-ring (bicyclic) bond motifs is 1. The molecule has 0 fully saturated rings. The summed E-state index contributed by atoms with van der Waals surface area (Å²) in [6.07, 6.45) is 2.04. The summed E-state index contributed by atoms with van der Waals surface area (Å²) in [5.41, 5.74) is 9.67. The highest BCUT2D eigenvalue weighted by atomic mass is 15.3. The summed E-state index contributed by atoms with van der Waals surface area (Å²) in [6.45, 7) is 7.02. The normalized spacial score (nSPS) is 15.7. The van der Waals surface area contributed by atoms with Crippen LogP contribution in [-0.4, -0.2) is 22.9 Å². The maximum Gasteiger partial charge on any atom is 0.0797 e. The van der Waals surface area contributed by atoms with E-state index in [9.17, 15) is 0 Å². The molecule has 1 aromatic rings. The number of nitrogens with one attached hydrogen (secondary N) is 1. The summed E-state index contributed by atoms with van der Waals surface area (Å²) < 4.78 is 2.14. The zero-order valence-corrected chi connectivity index (χ0v) is 9.58. The van der Waals surface area contributed by atoms with Crippen LogP contribution in [0.2, 0.25) is 0 Å². The first-order chi connectivity index (χ1) is 7.24. The molecule has 15 heavy (non-hydrogen) atoms. The smallest absolute Gasteiger partial charge is 0.0797 e. The molecular formula is C11H20N4. The molecule has 0 radical (unpaired) electrons. The number of hydrogen-bond acceptors (Lipinski definition) is 3. The zero-order valence-electron chi connectivity index (χ0n) is 9.58. The van der Waals surface area contributed by atoms with E-state index in [1.165, 1.54) is 17.0 Å². The van der Waals surface area contributed by atoms with Crippen LogP contribution in [0.3, 0.4) is 0 Å². The van der Waals surface area contributed by atoms with Crippen LogP contribution in [0.25, 0.3) is 0 Å². The van der Waals surface area contributed by atoms with Gasteiger partial charge in [-0.05, 0) is 38.9 Å². The van der Waals surface area contributed by atoms with E-state index in [1.807, 2.05) is 0 Å². The van der Waals surface area contributed by atoms with Gasteiger partial charge in [-0.15, -0.1) is 0 Å². The van der Waals surface area contributed by atoms with Crippen molar-refractivity contribution in [2.24, 2.45) is 5.73 Å². The van der Waals surface area contributed by atoms with Crippen molar-refractivity contribution in [3.8, 4) is 0 Å². The molecule has 1 aliphatic rings. The van der Waals surface area contributed by atoms with Crippen molar-refractivity contribution in [1.82, 2.24) is 15.1 Å².